The Morgan fingerprint density at radius 1 is 1.28 bits per heavy atom. The van der Waals surface area contributed by atoms with Gasteiger partial charge in [-0.05, 0) is 26.0 Å². The normalized spacial score (nSPS) is 11.6. The third-order valence-corrected chi connectivity index (χ3v) is 2.35. The summed E-state index contributed by atoms with van der Waals surface area (Å²) in [5.74, 6) is 0.293. The van der Waals surface area contributed by atoms with Gasteiger partial charge in [0.05, 0.1) is 0 Å². The molecule has 18 heavy (non-hydrogen) atoms. The van der Waals surface area contributed by atoms with E-state index in [2.05, 4.69) is 5.32 Å². The number of alkyl halides is 3. The van der Waals surface area contributed by atoms with Crippen molar-refractivity contribution in [2.24, 2.45) is 0 Å². The first-order chi connectivity index (χ1) is 8.42. The minimum atomic E-state index is -4.31. The number of aryl methyl sites for hydroxylation is 1. The molecular formula is C13H18F3NO. The van der Waals surface area contributed by atoms with Crippen molar-refractivity contribution in [3.05, 3.63) is 29.3 Å². The number of halogens is 3. The quantitative estimate of drug-likeness (QED) is 0.792. The molecule has 0 aliphatic heterocycles. The van der Waals surface area contributed by atoms with Crippen LogP contribution in [0.15, 0.2) is 18.2 Å². The van der Waals surface area contributed by atoms with Crippen LogP contribution in [0.2, 0.25) is 0 Å². The maximum absolute atomic E-state index is 12.1. The fourth-order valence-corrected chi connectivity index (χ4v) is 1.55. The highest BCUT2D eigenvalue weighted by Crippen LogP contribution is 2.23. The van der Waals surface area contributed by atoms with Gasteiger partial charge in [0.2, 0.25) is 0 Å². The van der Waals surface area contributed by atoms with Crippen molar-refractivity contribution >= 4 is 0 Å². The summed E-state index contributed by atoms with van der Waals surface area (Å²) in [7, 11) is 0. The number of hydrogen-bond acceptors (Lipinski definition) is 2. The van der Waals surface area contributed by atoms with Gasteiger partial charge in [0.15, 0.2) is 6.61 Å². The molecule has 5 heteroatoms. The van der Waals surface area contributed by atoms with Crippen LogP contribution >= 0.6 is 0 Å². The molecule has 2 nitrogen and oxygen atoms in total. The lowest BCUT2D eigenvalue weighted by atomic mass is 10.1. The van der Waals surface area contributed by atoms with Crippen molar-refractivity contribution in [2.75, 3.05) is 13.2 Å². The minimum absolute atomic E-state index is 0.293. The number of rotatable bonds is 6. The van der Waals surface area contributed by atoms with Crippen LogP contribution in [-0.2, 0) is 6.54 Å². The molecule has 0 saturated carbocycles. The number of nitrogens with one attached hydrogen (secondary N) is 1. The molecule has 102 valence electrons. The summed E-state index contributed by atoms with van der Waals surface area (Å²) in [6.45, 7) is 4.02. The van der Waals surface area contributed by atoms with Gasteiger partial charge in [0, 0.05) is 12.1 Å². The van der Waals surface area contributed by atoms with E-state index in [9.17, 15) is 13.2 Å². The predicted octanol–water partition coefficient (Wildman–Crippen LogP) is 3.44. The van der Waals surface area contributed by atoms with Crippen molar-refractivity contribution in [1.29, 1.82) is 0 Å². The van der Waals surface area contributed by atoms with Crippen molar-refractivity contribution < 1.29 is 17.9 Å². The largest absolute Gasteiger partial charge is 0.484 e. The van der Waals surface area contributed by atoms with Gasteiger partial charge in [-0.15, -0.1) is 0 Å². The average molecular weight is 261 g/mol. The second-order valence-electron chi connectivity index (χ2n) is 4.19. The monoisotopic (exact) mass is 261 g/mol. The Bertz CT molecular complexity index is 377. The van der Waals surface area contributed by atoms with Gasteiger partial charge in [-0.25, -0.2) is 0 Å². The summed E-state index contributed by atoms with van der Waals surface area (Å²) in [5.41, 5.74) is 1.76. The lowest BCUT2D eigenvalue weighted by molar-refractivity contribution is -0.153. The summed E-state index contributed by atoms with van der Waals surface area (Å²) in [6, 6.07) is 5.17. The molecule has 0 aromatic heterocycles. The molecule has 0 fully saturated rings. The summed E-state index contributed by atoms with van der Waals surface area (Å²) in [5, 5.41) is 3.15. The Labute approximate surface area is 105 Å². The molecule has 0 unspecified atom stereocenters. The highest BCUT2D eigenvalue weighted by atomic mass is 19.4. The predicted molar refractivity (Wildman–Crippen MR) is 64.7 cm³/mol. The lowest BCUT2D eigenvalue weighted by Crippen LogP contribution is -2.21. The van der Waals surface area contributed by atoms with Crippen LogP contribution in [0, 0.1) is 6.92 Å². The zero-order valence-electron chi connectivity index (χ0n) is 10.6. The molecule has 0 amide bonds. The van der Waals surface area contributed by atoms with Crippen LogP contribution in [0.5, 0.6) is 5.75 Å². The highest BCUT2D eigenvalue weighted by Gasteiger charge is 2.28. The van der Waals surface area contributed by atoms with Crippen molar-refractivity contribution in [1.82, 2.24) is 5.32 Å². The molecule has 0 spiro atoms. The first-order valence-corrected chi connectivity index (χ1v) is 5.92. The standard InChI is InChI=1S/C13H18F3NO/c1-3-6-17-8-11-7-10(2)4-5-12(11)18-9-13(14,15)16/h4-5,7,17H,3,6,8-9H2,1-2H3. The van der Waals surface area contributed by atoms with Gasteiger partial charge in [0.1, 0.15) is 5.75 Å². The smallest absolute Gasteiger partial charge is 0.422 e. The van der Waals surface area contributed by atoms with Crippen LogP contribution < -0.4 is 10.1 Å². The van der Waals surface area contributed by atoms with Gasteiger partial charge < -0.3 is 10.1 Å². The Kier molecular flexibility index (Phi) is 5.47. The maximum Gasteiger partial charge on any atom is 0.422 e. The Balaban J connectivity index is 2.70. The van der Waals surface area contributed by atoms with E-state index in [1.807, 2.05) is 19.9 Å². The van der Waals surface area contributed by atoms with Crippen LogP contribution in [0.4, 0.5) is 13.2 Å². The van der Waals surface area contributed by atoms with Gasteiger partial charge >= 0.3 is 6.18 Å². The second kappa shape index (κ2) is 6.64. The fraction of sp³-hybridized carbons (Fsp3) is 0.538. The van der Waals surface area contributed by atoms with E-state index in [1.165, 1.54) is 0 Å². The fourth-order valence-electron chi connectivity index (χ4n) is 1.55. The average Bonchev–Trinajstić information content (AvgIpc) is 2.27. The molecular weight excluding hydrogens is 243 g/mol. The van der Waals surface area contributed by atoms with E-state index < -0.39 is 12.8 Å². The van der Waals surface area contributed by atoms with E-state index >= 15 is 0 Å². The summed E-state index contributed by atoms with van der Waals surface area (Å²) in [4.78, 5) is 0. The van der Waals surface area contributed by atoms with E-state index in [4.69, 9.17) is 4.74 Å². The van der Waals surface area contributed by atoms with Crippen molar-refractivity contribution in [3.8, 4) is 5.75 Å². The minimum Gasteiger partial charge on any atom is -0.484 e. The zero-order valence-corrected chi connectivity index (χ0v) is 10.6. The van der Waals surface area contributed by atoms with Gasteiger partial charge in [-0.1, -0.05) is 24.6 Å². The van der Waals surface area contributed by atoms with Crippen LogP contribution in [0.3, 0.4) is 0 Å². The number of hydrogen-bond donors (Lipinski definition) is 1. The van der Waals surface area contributed by atoms with Crippen LogP contribution in [0.1, 0.15) is 24.5 Å². The summed E-state index contributed by atoms with van der Waals surface area (Å²) >= 11 is 0. The van der Waals surface area contributed by atoms with E-state index in [1.54, 1.807) is 12.1 Å². The SMILES string of the molecule is CCCNCc1cc(C)ccc1OCC(F)(F)F. The van der Waals surface area contributed by atoms with Crippen molar-refractivity contribution in [3.63, 3.8) is 0 Å². The van der Waals surface area contributed by atoms with E-state index in [-0.39, 0.29) is 0 Å². The molecule has 0 radical (unpaired) electrons. The molecule has 0 atom stereocenters. The molecule has 1 aromatic carbocycles. The molecule has 0 bridgehead atoms. The third-order valence-electron chi connectivity index (χ3n) is 2.35. The highest BCUT2D eigenvalue weighted by molar-refractivity contribution is 5.36. The lowest BCUT2D eigenvalue weighted by Gasteiger charge is -2.14. The Hall–Kier alpha value is -1.23. The van der Waals surface area contributed by atoms with Gasteiger partial charge in [-0.2, -0.15) is 13.2 Å². The number of benzene rings is 1. The Morgan fingerprint density at radius 2 is 2.00 bits per heavy atom. The number of ether oxygens (including phenoxy) is 1. The molecule has 0 aliphatic carbocycles. The summed E-state index contributed by atoms with van der Waals surface area (Å²) in [6.07, 6.45) is -3.33. The third kappa shape index (κ3) is 5.40. The topological polar surface area (TPSA) is 21.3 Å². The molecule has 1 aromatic rings. The van der Waals surface area contributed by atoms with Crippen LogP contribution in [0.25, 0.3) is 0 Å². The van der Waals surface area contributed by atoms with E-state index in [0.29, 0.717) is 12.3 Å². The van der Waals surface area contributed by atoms with Crippen LogP contribution in [-0.4, -0.2) is 19.3 Å². The molecule has 1 rings (SSSR count). The van der Waals surface area contributed by atoms with Crippen molar-refractivity contribution in [2.45, 2.75) is 33.0 Å². The Morgan fingerprint density at radius 3 is 2.61 bits per heavy atom. The first kappa shape index (κ1) is 14.8. The first-order valence-electron chi connectivity index (χ1n) is 5.92. The maximum atomic E-state index is 12.1. The van der Waals surface area contributed by atoms with Gasteiger partial charge in [0.25, 0.3) is 0 Å². The molecule has 0 aliphatic rings. The zero-order chi connectivity index (χ0) is 13.6. The van der Waals surface area contributed by atoms with E-state index in [0.717, 1.165) is 24.1 Å². The molecule has 1 N–H and O–H groups in total. The molecule has 0 heterocycles. The van der Waals surface area contributed by atoms with Gasteiger partial charge in [-0.3, -0.25) is 0 Å². The second-order valence-corrected chi connectivity index (χ2v) is 4.19. The summed E-state index contributed by atoms with van der Waals surface area (Å²) < 4.78 is 41.2. The molecule has 0 saturated heterocycles.